The Morgan fingerprint density at radius 1 is 1.24 bits per heavy atom. The van der Waals surface area contributed by atoms with Crippen molar-refractivity contribution in [2.45, 2.75) is 6.92 Å². The van der Waals surface area contributed by atoms with E-state index in [1.54, 1.807) is 43.6 Å². The SMILES string of the molecule is Cc1ccc(C(=O)Nc2ccncc2)cc1O. The van der Waals surface area contributed by atoms with Gasteiger partial charge in [0.25, 0.3) is 5.91 Å². The molecule has 1 aromatic heterocycles. The van der Waals surface area contributed by atoms with E-state index in [4.69, 9.17) is 0 Å². The molecule has 0 aliphatic heterocycles. The molecule has 0 aliphatic carbocycles. The lowest BCUT2D eigenvalue weighted by Crippen LogP contribution is -2.11. The third-order valence-electron chi connectivity index (χ3n) is 2.41. The van der Waals surface area contributed by atoms with Crippen molar-refractivity contribution in [2.75, 3.05) is 5.32 Å². The van der Waals surface area contributed by atoms with E-state index < -0.39 is 0 Å². The van der Waals surface area contributed by atoms with Crippen LogP contribution in [0.1, 0.15) is 15.9 Å². The molecule has 0 spiro atoms. The quantitative estimate of drug-likeness (QED) is 0.829. The van der Waals surface area contributed by atoms with Crippen LogP contribution < -0.4 is 5.32 Å². The van der Waals surface area contributed by atoms with Crippen LogP contribution in [-0.4, -0.2) is 16.0 Å². The van der Waals surface area contributed by atoms with E-state index in [0.717, 1.165) is 5.56 Å². The summed E-state index contributed by atoms with van der Waals surface area (Å²) in [7, 11) is 0. The zero-order valence-corrected chi connectivity index (χ0v) is 9.34. The van der Waals surface area contributed by atoms with Crippen molar-refractivity contribution >= 4 is 11.6 Å². The number of aryl methyl sites for hydroxylation is 1. The predicted octanol–water partition coefficient (Wildman–Crippen LogP) is 2.35. The van der Waals surface area contributed by atoms with E-state index >= 15 is 0 Å². The number of amides is 1. The summed E-state index contributed by atoms with van der Waals surface area (Å²) in [5, 5.41) is 12.2. The second kappa shape index (κ2) is 4.65. The first-order valence-corrected chi connectivity index (χ1v) is 5.18. The van der Waals surface area contributed by atoms with Gasteiger partial charge in [0.05, 0.1) is 0 Å². The summed E-state index contributed by atoms with van der Waals surface area (Å²) in [6.07, 6.45) is 3.20. The maximum atomic E-state index is 11.8. The maximum absolute atomic E-state index is 11.8. The minimum Gasteiger partial charge on any atom is -0.508 e. The average molecular weight is 228 g/mol. The van der Waals surface area contributed by atoms with Crippen LogP contribution in [0.5, 0.6) is 5.75 Å². The molecule has 1 heterocycles. The molecule has 0 fully saturated rings. The van der Waals surface area contributed by atoms with Crippen LogP contribution in [0.2, 0.25) is 0 Å². The first-order chi connectivity index (χ1) is 8.16. The maximum Gasteiger partial charge on any atom is 0.255 e. The Hall–Kier alpha value is -2.36. The molecular formula is C13H12N2O2. The van der Waals surface area contributed by atoms with Crippen molar-refractivity contribution in [3.8, 4) is 5.75 Å². The second-order valence-electron chi connectivity index (χ2n) is 3.69. The number of rotatable bonds is 2. The monoisotopic (exact) mass is 228 g/mol. The number of pyridine rings is 1. The number of aromatic nitrogens is 1. The summed E-state index contributed by atoms with van der Waals surface area (Å²) < 4.78 is 0. The third kappa shape index (κ3) is 2.60. The van der Waals surface area contributed by atoms with Gasteiger partial charge in [-0.15, -0.1) is 0 Å². The van der Waals surface area contributed by atoms with Gasteiger partial charge in [-0.05, 0) is 36.8 Å². The van der Waals surface area contributed by atoms with Gasteiger partial charge < -0.3 is 10.4 Å². The highest BCUT2D eigenvalue weighted by Gasteiger charge is 2.07. The van der Waals surface area contributed by atoms with Crippen molar-refractivity contribution in [3.63, 3.8) is 0 Å². The van der Waals surface area contributed by atoms with E-state index in [2.05, 4.69) is 10.3 Å². The number of hydrogen-bond acceptors (Lipinski definition) is 3. The molecule has 4 heteroatoms. The smallest absolute Gasteiger partial charge is 0.255 e. The summed E-state index contributed by atoms with van der Waals surface area (Å²) in [4.78, 5) is 15.7. The highest BCUT2D eigenvalue weighted by atomic mass is 16.3. The molecule has 2 rings (SSSR count). The highest BCUT2D eigenvalue weighted by Crippen LogP contribution is 2.18. The number of phenols is 1. The van der Waals surface area contributed by atoms with E-state index in [-0.39, 0.29) is 11.7 Å². The molecule has 2 aromatic rings. The van der Waals surface area contributed by atoms with Crippen LogP contribution in [0, 0.1) is 6.92 Å². The zero-order chi connectivity index (χ0) is 12.3. The third-order valence-corrected chi connectivity index (χ3v) is 2.41. The van der Waals surface area contributed by atoms with Crippen LogP contribution in [-0.2, 0) is 0 Å². The molecular weight excluding hydrogens is 216 g/mol. The van der Waals surface area contributed by atoms with Crippen molar-refractivity contribution in [1.82, 2.24) is 4.98 Å². The molecule has 4 nitrogen and oxygen atoms in total. The summed E-state index contributed by atoms with van der Waals surface area (Å²) >= 11 is 0. The number of phenolic OH excluding ortho intramolecular Hbond substituents is 1. The van der Waals surface area contributed by atoms with Gasteiger partial charge >= 0.3 is 0 Å². The predicted molar refractivity (Wildman–Crippen MR) is 65.0 cm³/mol. The van der Waals surface area contributed by atoms with E-state index in [0.29, 0.717) is 11.3 Å². The number of carbonyl (C=O) groups excluding carboxylic acids is 1. The molecule has 1 amide bonds. The van der Waals surface area contributed by atoms with Crippen molar-refractivity contribution in [2.24, 2.45) is 0 Å². The number of carbonyl (C=O) groups is 1. The van der Waals surface area contributed by atoms with Crippen molar-refractivity contribution in [1.29, 1.82) is 0 Å². The Labute approximate surface area is 98.9 Å². The molecule has 0 saturated carbocycles. The summed E-state index contributed by atoms with van der Waals surface area (Å²) in [5.41, 5.74) is 1.83. The van der Waals surface area contributed by atoms with Gasteiger partial charge in [-0.2, -0.15) is 0 Å². The van der Waals surface area contributed by atoms with Crippen molar-refractivity contribution < 1.29 is 9.90 Å². The fourth-order valence-corrected chi connectivity index (χ4v) is 1.39. The summed E-state index contributed by atoms with van der Waals surface area (Å²) in [6, 6.07) is 8.23. The van der Waals surface area contributed by atoms with Crippen LogP contribution in [0.3, 0.4) is 0 Å². The average Bonchev–Trinajstić information content (AvgIpc) is 2.34. The fraction of sp³-hybridized carbons (Fsp3) is 0.0769. The number of nitrogens with zero attached hydrogens (tertiary/aromatic N) is 1. The fourth-order valence-electron chi connectivity index (χ4n) is 1.39. The topological polar surface area (TPSA) is 62.2 Å². The molecule has 0 bridgehead atoms. The molecule has 2 N–H and O–H groups in total. The first-order valence-electron chi connectivity index (χ1n) is 5.18. The van der Waals surface area contributed by atoms with Crippen LogP contribution in [0.25, 0.3) is 0 Å². The second-order valence-corrected chi connectivity index (χ2v) is 3.69. The van der Waals surface area contributed by atoms with Gasteiger partial charge in [0, 0.05) is 23.6 Å². The van der Waals surface area contributed by atoms with Crippen molar-refractivity contribution in [3.05, 3.63) is 53.9 Å². The number of anilines is 1. The standard InChI is InChI=1S/C13H12N2O2/c1-9-2-3-10(8-12(9)16)13(17)15-11-4-6-14-7-5-11/h2-8,16H,1H3,(H,14,15,17). The first kappa shape index (κ1) is 11.1. The number of nitrogens with one attached hydrogen (secondary N) is 1. The number of hydrogen-bond donors (Lipinski definition) is 2. The Kier molecular flexibility index (Phi) is 3.05. The number of aromatic hydroxyl groups is 1. The largest absolute Gasteiger partial charge is 0.508 e. The van der Waals surface area contributed by atoms with Crippen LogP contribution >= 0.6 is 0 Å². The Morgan fingerprint density at radius 2 is 1.94 bits per heavy atom. The van der Waals surface area contributed by atoms with Gasteiger partial charge in [0.2, 0.25) is 0 Å². The summed E-state index contributed by atoms with van der Waals surface area (Å²) in [6.45, 7) is 1.78. The molecule has 0 atom stereocenters. The van der Waals surface area contributed by atoms with Crippen LogP contribution in [0.4, 0.5) is 5.69 Å². The Balaban J connectivity index is 2.18. The van der Waals surface area contributed by atoms with Gasteiger partial charge in [-0.25, -0.2) is 0 Å². The van der Waals surface area contributed by atoms with E-state index in [9.17, 15) is 9.90 Å². The van der Waals surface area contributed by atoms with Gasteiger partial charge in [-0.3, -0.25) is 9.78 Å². The van der Waals surface area contributed by atoms with Gasteiger partial charge in [0.15, 0.2) is 0 Å². The highest BCUT2D eigenvalue weighted by molar-refractivity contribution is 6.04. The van der Waals surface area contributed by atoms with E-state index in [1.165, 1.54) is 6.07 Å². The van der Waals surface area contributed by atoms with Gasteiger partial charge in [-0.1, -0.05) is 6.07 Å². The molecule has 17 heavy (non-hydrogen) atoms. The normalized spacial score (nSPS) is 9.94. The Morgan fingerprint density at radius 3 is 2.59 bits per heavy atom. The zero-order valence-electron chi connectivity index (χ0n) is 9.34. The minimum absolute atomic E-state index is 0.118. The molecule has 0 radical (unpaired) electrons. The lowest BCUT2D eigenvalue weighted by Gasteiger charge is -2.06. The van der Waals surface area contributed by atoms with E-state index in [1.807, 2.05) is 0 Å². The number of benzene rings is 1. The van der Waals surface area contributed by atoms with Crippen LogP contribution in [0.15, 0.2) is 42.7 Å². The summed E-state index contributed by atoms with van der Waals surface area (Å²) in [5.74, 6) is -0.140. The lowest BCUT2D eigenvalue weighted by atomic mass is 10.1. The molecule has 0 aliphatic rings. The molecule has 0 saturated heterocycles. The minimum atomic E-state index is -0.258. The Bertz CT molecular complexity index is 538. The van der Waals surface area contributed by atoms with Gasteiger partial charge in [0.1, 0.15) is 5.75 Å². The molecule has 86 valence electrons. The molecule has 1 aromatic carbocycles. The lowest BCUT2D eigenvalue weighted by molar-refractivity contribution is 0.102. The molecule has 0 unspecified atom stereocenters.